The van der Waals surface area contributed by atoms with E-state index in [9.17, 15) is 4.79 Å². The number of rotatable bonds is 3. The smallest absolute Gasteiger partial charge is 0.408 e. The van der Waals surface area contributed by atoms with Crippen LogP contribution in [0.3, 0.4) is 0 Å². The molecule has 1 unspecified atom stereocenters. The molecular formula is C16H25N3O2. The van der Waals surface area contributed by atoms with Crippen molar-refractivity contribution in [3.63, 3.8) is 0 Å². The summed E-state index contributed by atoms with van der Waals surface area (Å²) in [4.78, 5) is 14.1. The number of hydrogen-bond donors (Lipinski definition) is 2. The van der Waals surface area contributed by atoms with E-state index in [-0.39, 0.29) is 6.04 Å². The van der Waals surface area contributed by atoms with Crippen LogP contribution in [0.1, 0.15) is 37.9 Å². The van der Waals surface area contributed by atoms with Gasteiger partial charge in [-0.2, -0.15) is 0 Å². The van der Waals surface area contributed by atoms with Crippen molar-refractivity contribution in [1.29, 1.82) is 0 Å². The van der Waals surface area contributed by atoms with Crippen molar-refractivity contribution in [2.24, 2.45) is 5.73 Å². The summed E-state index contributed by atoms with van der Waals surface area (Å²) < 4.78 is 5.29. The van der Waals surface area contributed by atoms with Gasteiger partial charge in [0.1, 0.15) is 5.60 Å². The number of hydrogen-bond acceptors (Lipinski definition) is 4. The second-order valence-corrected chi connectivity index (χ2v) is 6.49. The monoisotopic (exact) mass is 291 g/mol. The minimum atomic E-state index is -0.510. The molecule has 0 saturated heterocycles. The van der Waals surface area contributed by atoms with Gasteiger partial charge in [-0.15, -0.1) is 0 Å². The van der Waals surface area contributed by atoms with Crippen LogP contribution in [0.15, 0.2) is 18.2 Å². The Bertz CT molecular complexity index is 523. The van der Waals surface area contributed by atoms with Crippen molar-refractivity contribution < 1.29 is 9.53 Å². The molecule has 5 nitrogen and oxygen atoms in total. The summed E-state index contributed by atoms with van der Waals surface area (Å²) in [6, 6.07) is 6.02. The predicted molar refractivity (Wildman–Crippen MR) is 84.6 cm³/mol. The van der Waals surface area contributed by atoms with Gasteiger partial charge < -0.3 is 20.7 Å². The Kier molecular flexibility index (Phi) is 4.42. The number of benzene rings is 1. The SMILES string of the molecule is CN1CCc2cc(C(CN)NC(=O)OC(C)(C)C)ccc21. The van der Waals surface area contributed by atoms with E-state index in [0.717, 1.165) is 18.5 Å². The highest BCUT2D eigenvalue weighted by Gasteiger charge is 2.22. The normalized spacial score (nSPS) is 15.6. The highest BCUT2D eigenvalue weighted by molar-refractivity contribution is 5.68. The molecule has 0 saturated carbocycles. The number of nitrogens with two attached hydrogens (primary N) is 1. The van der Waals surface area contributed by atoms with E-state index >= 15 is 0 Å². The minimum Gasteiger partial charge on any atom is -0.444 e. The Labute approximate surface area is 126 Å². The number of fused-ring (bicyclic) bond motifs is 1. The number of anilines is 1. The maximum atomic E-state index is 11.9. The molecule has 0 spiro atoms. The van der Waals surface area contributed by atoms with Gasteiger partial charge in [0, 0.05) is 25.8 Å². The fraction of sp³-hybridized carbons (Fsp3) is 0.562. The molecule has 1 heterocycles. The van der Waals surface area contributed by atoms with Crippen molar-refractivity contribution >= 4 is 11.8 Å². The van der Waals surface area contributed by atoms with Crippen molar-refractivity contribution in [1.82, 2.24) is 5.32 Å². The Morgan fingerprint density at radius 1 is 1.48 bits per heavy atom. The Morgan fingerprint density at radius 2 is 2.19 bits per heavy atom. The van der Waals surface area contributed by atoms with E-state index in [0.29, 0.717) is 6.54 Å². The molecule has 0 fully saturated rings. The van der Waals surface area contributed by atoms with Gasteiger partial charge in [0.15, 0.2) is 0 Å². The second kappa shape index (κ2) is 5.93. The zero-order valence-corrected chi connectivity index (χ0v) is 13.3. The Balaban J connectivity index is 2.10. The first kappa shape index (κ1) is 15.6. The number of carbonyl (C=O) groups is 1. The van der Waals surface area contributed by atoms with Crippen LogP contribution < -0.4 is 16.0 Å². The van der Waals surface area contributed by atoms with Gasteiger partial charge >= 0.3 is 6.09 Å². The summed E-state index contributed by atoms with van der Waals surface area (Å²) in [5.41, 5.74) is 8.89. The number of carbonyl (C=O) groups excluding carboxylic acids is 1. The van der Waals surface area contributed by atoms with Gasteiger partial charge in [-0.25, -0.2) is 4.79 Å². The van der Waals surface area contributed by atoms with Crippen LogP contribution in [-0.4, -0.2) is 31.8 Å². The number of alkyl carbamates (subject to hydrolysis) is 1. The summed E-state index contributed by atoms with van der Waals surface area (Å²) in [5.74, 6) is 0. The molecule has 1 amide bonds. The van der Waals surface area contributed by atoms with Crippen molar-refractivity contribution in [2.75, 3.05) is 25.0 Å². The van der Waals surface area contributed by atoms with E-state index in [2.05, 4.69) is 29.4 Å². The summed E-state index contributed by atoms with van der Waals surface area (Å²) in [7, 11) is 2.09. The first-order valence-corrected chi connectivity index (χ1v) is 7.33. The van der Waals surface area contributed by atoms with Crippen LogP contribution in [0.4, 0.5) is 10.5 Å². The van der Waals surface area contributed by atoms with Gasteiger partial charge in [0.05, 0.1) is 6.04 Å². The third-order valence-corrected chi connectivity index (χ3v) is 3.56. The van der Waals surface area contributed by atoms with Gasteiger partial charge in [0.2, 0.25) is 0 Å². The molecule has 1 atom stereocenters. The fourth-order valence-electron chi connectivity index (χ4n) is 2.53. The lowest BCUT2D eigenvalue weighted by Crippen LogP contribution is -2.37. The first-order valence-electron chi connectivity index (χ1n) is 7.33. The Morgan fingerprint density at radius 3 is 2.81 bits per heavy atom. The lowest BCUT2D eigenvalue weighted by Gasteiger charge is -2.23. The van der Waals surface area contributed by atoms with Crippen molar-refractivity contribution in [3.8, 4) is 0 Å². The van der Waals surface area contributed by atoms with Crippen LogP contribution in [0, 0.1) is 0 Å². The summed E-state index contributed by atoms with van der Waals surface area (Å²) in [6.07, 6.45) is 0.596. The third kappa shape index (κ3) is 3.88. The maximum Gasteiger partial charge on any atom is 0.408 e. The van der Waals surface area contributed by atoms with Crippen LogP contribution in [0.5, 0.6) is 0 Å². The van der Waals surface area contributed by atoms with Crippen LogP contribution in [0.25, 0.3) is 0 Å². The second-order valence-electron chi connectivity index (χ2n) is 6.49. The van der Waals surface area contributed by atoms with Gasteiger partial charge in [-0.05, 0) is 44.4 Å². The number of ether oxygens (including phenoxy) is 1. The molecule has 0 aromatic heterocycles. The van der Waals surface area contributed by atoms with Gasteiger partial charge in [0.25, 0.3) is 0 Å². The zero-order valence-electron chi connectivity index (χ0n) is 13.3. The predicted octanol–water partition coefficient (Wildman–Crippen LogP) is 2.20. The molecule has 21 heavy (non-hydrogen) atoms. The Hall–Kier alpha value is -1.75. The molecule has 1 aromatic carbocycles. The topological polar surface area (TPSA) is 67.6 Å². The van der Waals surface area contributed by atoms with E-state index < -0.39 is 11.7 Å². The molecule has 0 aliphatic carbocycles. The third-order valence-electron chi connectivity index (χ3n) is 3.56. The van der Waals surface area contributed by atoms with Gasteiger partial charge in [-0.3, -0.25) is 0 Å². The molecule has 5 heteroatoms. The molecule has 1 aromatic rings. The summed E-state index contributed by atoms with van der Waals surface area (Å²) in [5, 5.41) is 2.84. The summed E-state index contributed by atoms with van der Waals surface area (Å²) in [6.45, 7) is 6.90. The number of likely N-dealkylation sites (N-methyl/N-ethyl adjacent to an activating group) is 1. The highest BCUT2D eigenvalue weighted by Crippen LogP contribution is 2.29. The number of nitrogens with one attached hydrogen (secondary N) is 1. The van der Waals surface area contributed by atoms with Gasteiger partial charge in [-0.1, -0.05) is 12.1 Å². The number of nitrogens with zero attached hydrogens (tertiary/aromatic N) is 1. The van der Waals surface area contributed by atoms with E-state index in [1.807, 2.05) is 26.8 Å². The lowest BCUT2D eigenvalue weighted by atomic mass is 10.0. The van der Waals surface area contributed by atoms with E-state index in [1.165, 1.54) is 11.3 Å². The first-order chi connectivity index (χ1) is 9.80. The average Bonchev–Trinajstić information content (AvgIpc) is 2.75. The standard InChI is InChI=1S/C16H25N3O2/c1-16(2,3)21-15(20)18-13(10-17)11-5-6-14-12(9-11)7-8-19(14)4/h5-6,9,13H,7-8,10,17H2,1-4H3,(H,18,20). The average molecular weight is 291 g/mol. The molecule has 3 N–H and O–H groups in total. The lowest BCUT2D eigenvalue weighted by molar-refractivity contribution is 0.0505. The fourth-order valence-corrected chi connectivity index (χ4v) is 2.53. The van der Waals surface area contributed by atoms with Crippen molar-refractivity contribution in [3.05, 3.63) is 29.3 Å². The molecule has 1 aliphatic rings. The molecule has 0 radical (unpaired) electrons. The highest BCUT2D eigenvalue weighted by atomic mass is 16.6. The quantitative estimate of drug-likeness (QED) is 0.896. The molecule has 116 valence electrons. The molecular weight excluding hydrogens is 266 g/mol. The van der Waals surface area contributed by atoms with E-state index in [4.69, 9.17) is 10.5 Å². The summed E-state index contributed by atoms with van der Waals surface area (Å²) >= 11 is 0. The molecule has 0 bridgehead atoms. The van der Waals surface area contributed by atoms with Crippen LogP contribution >= 0.6 is 0 Å². The van der Waals surface area contributed by atoms with Crippen molar-refractivity contribution in [2.45, 2.75) is 38.8 Å². The largest absolute Gasteiger partial charge is 0.444 e. The van der Waals surface area contributed by atoms with E-state index in [1.54, 1.807) is 0 Å². The van der Waals surface area contributed by atoms with Crippen LogP contribution in [0.2, 0.25) is 0 Å². The zero-order chi connectivity index (χ0) is 15.6. The molecule has 2 rings (SSSR count). The number of amides is 1. The minimum absolute atomic E-state index is 0.226. The van der Waals surface area contributed by atoms with Crippen LogP contribution in [-0.2, 0) is 11.2 Å². The molecule has 1 aliphatic heterocycles. The maximum absolute atomic E-state index is 11.9.